The van der Waals surface area contributed by atoms with Crippen molar-refractivity contribution in [3.63, 3.8) is 0 Å². The van der Waals surface area contributed by atoms with E-state index in [4.69, 9.17) is 4.74 Å². The van der Waals surface area contributed by atoms with E-state index in [-0.39, 0.29) is 0 Å². The minimum atomic E-state index is 0.968. The lowest BCUT2D eigenvalue weighted by molar-refractivity contribution is 0.229. The fourth-order valence-electron chi connectivity index (χ4n) is 2.47. The molecule has 18 heavy (non-hydrogen) atoms. The average molecular weight is 313 g/mol. The van der Waals surface area contributed by atoms with Gasteiger partial charge in [-0.2, -0.15) is 0 Å². The van der Waals surface area contributed by atoms with Gasteiger partial charge in [-0.05, 0) is 40.9 Å². The Morgan fingerprint density at radius 1 is 1.28 bits per heavy atom. The summed E-state index contributed by atoms with van der Waals surface area (Å²) in [6.45, 7) is 9.61. The maximum atomic E-state index is 5.59. The molecule has 3 nitrogen and oxygen atoms in total. The monoisotopic (exact) mass is 312 g/mol. The Bertz CT molecular complexity index is 428. The van der Waals surface area contributed by atoms with Crippen LogP contribution >= 0.6 is 15.9 Å². The first-order valence-electron chi connectivity index (χ1n) is 6.39. The van der Waals surface area contributed by atoms with Crippen molar-refractivity contribution in [2.24, 2.45) is 0 Å². The third-order valence-corrected chi connectivity index (χ3v) is 4.51. The Morgan fingerprint density at radius 3 is 2.56 bits per heavy atom. The molecule has 0 spiro atoms. The number of hydrogen-bond donors (Lipinski definition) is 1. The van der Waals surface area contributed by atoms with Crippen LogP contribution in [0, 0.1) is 13.8 Å². The molecule has 1 aromatic carbocycles. The molecule has 0 aromatic heterocycles. The largest absolute Gasteiger partial charge is 0.495 e. The van der Waals surface area contributed by atoms with Gasteiger partial charge in [-0.15, -0.1) is 0 Å². The van der Waals surface area contributed by atoms with Crippen LogP contribution in [0.15, 0.2) is 10.5 Å². The number of hydrogen-bond acceptors (Lipinski definition) is 3. The Labute approximate surface area is 118 Å². The first-order chi connectivity index (χ1) is 8.63. The zero-order valence-electron chi connectivity index (χ0n) is 11.3. The number of ether oxygens (including phenoxy) is 1. The third kappa shape index (κ3) is 2.87. The third-order valence-electron chi connectivity index (χ3n) is 3.52. The molecule has 0 aliphatic carbocycles. The smallest absolute Gasteiger partial charge is 0.138 e. The summed E-state index contributed by atoms with van der Waals surface area (Å²) in [5, 5.41) is 3.38. The molecule has 1 saturated heterocycles. The molecule has 0 radical (unpaired) electrons. The SMILES string of the molecule is COc1c(Br)c(C)cc(C)c1CN1CCNCC1. The summed E-state index contributed by atoms with van der Waals surface area (Å²) in [6, 6.07) is 2.23. The van der Waals surface area contributed by atoms with Gasteiger partial charge in [-0.1, -0.05) is 6.07 Å². The van der Waals surface area contributed by atoms with Crippen molar-refractivity contribution in [3.8, 4) is 5.75 Å². The van der Waals surface area contributed by atoms with E-state index in [0.29, 0.717) is 0 Å². The molecular weight excluding hydrogens is 292 g/mol. The summed E-state index contributed by atoms with van der Waals surface area (Å²) >= 11 is 3.63. The topological polar surface area (TPSA) is 24.5 Å². The highest BCUT2D eigenvalue weighted by Crippen LogP contribution is 2.35. The van der Waals surface area contributed by atoms with Crippen molar-refractivity contribution in [2.75, 3.05) is 33.3 Å². The van der Waals surface area contributed by atoms with Gasteiger partial charge in [-0.3, -0.25) is 4.90 Å². The van der Waals surface area contributed by atoms with E-state index in [2.05, 4.69) is 46.1 Å². The predicted molar refractivity (Wildman–Crippen MR) is 78.3 cm³/mol. The van der Waals surface area contributed by atoms with Crippen molar-refractivity contribution in [3.05, 3.63) is 27.2 Å². The standard InChI is InChI=1S/C14H21BrN2O/c1-10-8-11(2)13(15)14(18-3)12(10)9-17-6-4-16-5-7-17/h8,16H,4-7,9H2,1-3H3. The summed E-state index contributed by atoms with van der Waals surface area (Å²) < 4.78 is 6.67. The lowest BCUT2D eigenvalue weighted by Crippen LogP contribution is -2.43. The molecule has 1 heterocycles. The molecule has 2 rings (SSSR count). The molecule has 0 bridgehead atoms. The molecule has 0 amide bonds. The van der Waals surface area contributed by atoms with Crippen molar-refractivity contribution < 1.29 is 4.74 Å². The minimum absolute atomic E-state index is 0.968. The Balaban J connectivity index is 2.28. The molecule has 4 heteroatoms. The van der Waals surface area contributed by atoms with Crippen LogP contribution in [-0.2, 0) is 6.54 Å². The second kappa shape index (κ2) is 6.04. The van der Waals surface area contributed by atoms with Gasteiger partial charge in [0.15, 0.2) is 0 Å². The first-order valence-corrected chi connectivity index (χ1v) is 7.18. The van der Waals surface area contributed by atoms with Gasteiger partial charge in [0, 0.05) is 38.3 Å². The number of halogens is 1. The van der Waals surface area contributed by atoms with Gasteiger partial charge in [0.1, 0.15) is 5.75 Å². The molecule has 0 saturated carbocycles. The van der Waals surface area contributed by atoms with Crippen LogP contribution in [0.3, 0.4) is 0 Å². The van der Waals surface area contributed by atoms with Crippen LogP contribution in [0.5, 0.6) is 5.75 Å². The summed E-state index contributed by atoms with van der Waals surface area (Å²) in [6.07, 6.45) is 0. The molecule has 1 aliphatic heterocycles. The van der Waals surface area contributed by atoms with E-state index in [1.165, 1.54) is 16.7 Å². The summed E-state index contributed by atoms with van der Waals surface area (Å²) in [4.78, 5) is 2.48. The Kier molecular flexibility index (Phi) is 4.65. The van der Waals surface area contributed by atoms with E-state index in [0.717, 1.165) is 42.9 Å². The zero-order chi connectivity index (χ0) is 13.1. The average Bonchev–Trinajstić information content (AvgIpc) is 2.37. The van der Waals surface area contributed by atoms with Crippen LogP contribution < -0.4 is 10.1 Å². The van der Waals surface area contributed by atoms with E-state index < -0.39 is 0 Å². The molecule has 0 unspecified atom stereocenters. The number of aryl methyl sites for hydroxylation is 2. The maximum absolute atomic E-state index is 5.59. The van der Waals surface area contributed by atoms with Gasteiger partial charge in [0.25, 0.3) is 0 Å². The summed E-state index contributed by atoms with van der Waals surface area (Å²) in [5.74, 6) is 0.992. The van der Waals surface area contributed by atoms with E-state index in [1.54, 1.807) is 7.11 Å². The van der Waals surface area contributed by atoms with Crippen molar-refractivity contribution in [2.45, 2.75) is 20.4 Å². The lowest BCUT2D eigenvalue weighted by atomic mass is 10.0. The van der Waals surface area contributed by atoms with Gasteiger partial charge in [0.2, 0.25) is 0 Å². The fourth-order valence-corrected chi connectivity index (χ4v) is 2.98. The number of piperazine rings is 1. The molecular formula is C14H21BrN2O. The molecule has 0 atom stereocenters. The number of methoxy groups -OCH3 is 1. The molecule has 1 aliphatic rings. The molecule has 1 N–H and O–H groups in total. The highest BCUT2D eigenvalue weighted by Gasteiger charge is 2.17. The van der Waals surface area contributed by atoms with E-state index in [9.17, 15) is 0 Å². The zero-order valence-corrected chi connectivity index (χ0v) is 12.9. The van der Waals surface area contributed by atoms with Gasteiger partial charge in [0.05, 0.1) is 11.6 Å². The van der Waals surface area contributed by atoms with Crippen LogP contribution in [0.1, 0.15) is 16.7 Å². The van der Waals surface area contributed by atoms with Crippen LogP contribution in [-0.4, -0.2) is 38.2 Å². The van der Waals surface area contributed by atoms with E-state index in [1.807, 2.05) is 0 Å². The number of nitrogens with zero attached hydrogens (tertiary/aromatic N) is 1. The van der Waals surface area contributed by atoms with Gasteiger partial charge >= 0.3 is 0 Å². The van der Waals surface area contributed by atoms with E-state index >= 15 is 0 Å². The molecule has 1 aromatic rings. The van der Waals surface area contributed by atoms with Crippen LogP contribution in [0.2, 0.25) is 0 Å². The van der Waals surface area contributed by atoms with Crippen molar-refractivity contribution in [1.82, 2.24) is 10.2 Å². The second-order valence-electron chi connectivity index (χ2n) is 4.86. The quantitative estimate of drug-likeness (QED) is 0.928. The van der Waals surface area contributed by atoms with Crippen LogP contribution in [0.4, 0.5) is 0 Å². The number of nitrogens with one attached hydrogen (secondary N) is 1. The highest BCUT2D eigenvalue weighted by atomic mass is 79.9. The molecule has 100 valence electrons. The Hall–Kier alpha value is -0.580. The predicted octanol–water partition coefficient (Wildman–Crippen LogP) is 2.48. The van der Waals surface area contributed by atoms with Crippen molar-refractivity contribution >= 4 is 15.9 Å². The van der Waals surface area contributed by atoms with Crippen molar-refractivity contribution in [1.29, 1.82) is 0 Å². The second-order valence-corrected chi connectivity index (χ2v) is 5.66. The maximum Gasteiger partial charge on any atom is 0.138 e. The summed E-state index contributed by atoms with van der Waals surface area (Å²) in [5.41, 5.74) is 3.84. The molecule has 1 fully saturated rings. The minimum Gasteiger partial charge on any atom is -0.495 e. The normalized spacial score (nSPS) is 16.9. The Morgan fingerprint density at radius 2 is 1.94 bits per heavy atom. The fraction of sp³-hybridized carbons (Fsp3) is 0.571. The summed E-state index contributed by atoms with van der Waals surface area (Å²) in [7, 11) is 1.75. The highest BCUT2D eigenvalue weighted by molar-refractivity contribution is 9.10. The van der Waals surface area contributed by atoms with Crippen LogP contribution in [0.25, 0.3) is 0 Å². The van der Waals surface area contributed by atoms with Gasteiger partial charge < -0.3 is 10.1 Å². The number of rotatable bonds is 3. The lowest BCUT2D eigenvalue weighted by Gasteiger charge is -2.28. The first kappa shape index (κ1) is 13.8. The van der Waals surface area contributed by atoms with Gasteiger partial charge in [-0.25, -0.2) is 0 Å². The number of benzene rings is 1.